The van der Waals surface area contributed by atoms with Crippen LogP contribution in [0.2, 0.25) is 0 Å². The fraction of sp³-hybridized carbons (Fsp3) is 0.824. The third-order valence-corrected chi connectivity index (χ3v) is 4.72. The molecule has 0 saturated carbocycles. The summed E-state index contributed by atoms with van der Waals surface area (Å²) in [5.74, 6) is 0.116. The maximum atomic E-state index is 12.1. The smallest absolute Gasteiger partial charge is 0.221 e. The first kappa shape index (κ1) is 17.4. The molecule has 5 nitrogen and oxygen atoms in total. The van der Waals surface area contributed by atoms with Gasteiger partial charge in [-0.15, -0.1) is 0 Å². The summed E-state index contributed by atoms with van der Waals surface area (Å²) in [6.07, 6.45) is 9.33. The van der Waals surface area contributed by atoms with Gasteiger partial charge in [0.2, 0.25) is 5.91 Å². The Balaban J connectivity index is 2.06. The van der Waals surface area contributed by atoms with E-state index in [0.29, 0.717) is 6.42 Å². The van der Waals surface area contributed by atoms with Gasteiger partial charge in [-0.1, -0.05) is 19.1 Å². The van der Waals surface area contributed by atoms with Crippen LogP contribution in [0.1, 0.15) is 45.4 Å². The SMILES string of the molecule is CC[C@H](O)[C@@H]1CC=C[C@@H]2CC(=O)NCCCNCCCCN21. The lowest BCUT2D eigenvalue weighted by Crippen LogP contribution is -2.51. The van der Waals surface area contributed by atoms with Gasteiger partial charge in [-0.2, -0.15) is 0 Å². The maximum absolute atomic E-state index is 12.1. The van der Waals surface area contributed by atoms with Gasteiger partial charge in [0.15, 0.2) is 0 Å². The van der Waals surface area contributed by atoms with Gasteiger partial charge in [0.1, 0.15) is 0 Å². The summed E-state index contributed by atoms with van der Waals surface area (Å²) >= 11 is 0. The number of rotatable bonds is 2. The van der Waals surface area contributed by atoms with Gasteiger partial charge in [-0.3, -0.25) is 9.69 Å². The third-order valence-electron chi connectivity index (χ3n) is 4.72. The molecule has 0 aromatic carbocycles. The number of hydrogen-bond acceptors (Lipinski definition) is 4. The number of fused-ring (bicyclic) bond motifs is 1. The quantitative estimate of drug-likeness (QED) is 0.667. The number of carbonyl (C=O) groups is 1. The van der Waals surface area contributed by atoms with Crippen molar-refractivity contribution in [1.82, 2.24) is 15.5 Å². The molecule has 5 heteroatoms. The molecular formula is C17H31N3O2. The second-order valence-corrected chi connectivity index (χ2v) is 6.38. The molecule has 3 N–H and O–H groups in total. The van der Waals surface area contributed by atoms with E-state index >= 15 is 0 Å². The highest BCUT2D eigenvalue weighted by Crippen LogP contribution is 2.24. The maximum Gasteiger partial charge on any atom is 0.221 e. The molecule has 2 rings (SSSR count). The second-order valence-electron chi connectivity index (χ2n) is 6.38. The molecule has 1 fully saturated rings. The van der Waals surface area contributed by atoms with E-state index in [0.717, 1.165) is 58.3 Å². The third kappa shape index (κ3) is 5.07. The van der Waals surface area contributed by atoms with Gasteiger partial charge in [-0.05, 0) is 51.7 Å². The number of amides is 1. The summed E-state index contributed by atoms with van der Waals surface area (Å²) in [7, 11) is 0. The highest BCUT2D eigenvalue weighted by molar-refractivity contribution is 5.76. The summed E-state index contributed by atoms with van der Waals surface area (Å²) in [6.45, 7) is 5.71. The molecule has 0 spiro atoms. The van der Waals surface area contributed by atoms with E-state index in [9.17, 15) is 9.90 Å². The molecule has 2 aliphatic rings. The van der Waals surface area contributed by atoms with Crippen LogP contribution in [0.3, 0.4) is 0 Å². The Morgan fingerprint density at radius 3 is 2.95 bits per heavy atom. The lowest BCUT2D eigenvalue weighted by Gasteiger charge is -2.41. The van der Waals surface area contributed by atoms with Crippen LogP contribution in [0.25, 0.3) is 0 Å². The lowest BCUT2D eigenvalue weighted by atomic mass is 9.94. The van der Waals surface area contributed by atoms with Crippen molar-refractivity contribution in [3.8, 4) is 0 Å². The molecule has 0 unspecified atom stereocenters. The molecule has 2 aliphatic heterocycles. The van der Waals surface area contributed by atoms with Crippen molar-refractivity contribution >= 4 is 5.91 Å². The fourth-order valence-electron chi connectivity index (χ4n) is 3.41. The summed E-state index contributed by atoms with van der Waals surface area (Å²) < 4.78 is 0. The Hall–Kier alpha value is -0.910. The molecule has 0 aromatic heterocycles. The van der Waals surface area contributed by atoms with Crippen molar-refractivity contribution in [2.75, 3.05) is 26.2 Å². The van der Waals surface area contributed by atoms with E-state index in [2.05, 4.69) is 27.7 Å². The first-order valence-corrected chi connectivity index (χ1v) is 8.80. The average molecular weight is 309 g/mol. The normalized spacial score (nSPS) is 30.4. The summed E-state index contributed by atoms with van der Waals surface area (Å²) in [5, 5.41) is 16.8. The monoisotopic (exact) mass is 309 g/mol. The number of nitrogens with one attached hydrogen (secondary N) is 2. The lowest BCUT2D eigenvalue weighted by molar-refractivity contribution is -0.122. The summed E-state index contributed by atoms with van der Waals surface area (Å²) in [4.78, 5) is 14.5. The largest absolute Gasteiger partial charge is 0.391 e. The topological polar surface area (TPSA) is 64.6 Å². The Morgan fingerprint density at radius 1 is 1.32 bits per heavy atom. The van der Waals surface area contributed by atoms with Gasteiger partial charge in [-0.25, -0.2) is 0 Å². The molecule has 0 aliphatic carbocycles. The molecule has 3 atom stereocenters. The second kappa shape index (κ2) is 9.28. The highest BCUT2D eigenvalue weighted by Gasteiger charge is 2.32. The number of aliphatic hydroxyl groups is 1. The van der Waals surface area contributed by atoms with Gasteiger partial charge in [0, 0.05) is 25.0 Å². The standard InChI is InChI=1S/C17H31N3O2/c1-2-16(21)15-8-5-7-14-13-17(22)19-11-6-10-18-9-3-4-12-20(14)15/h5,7,14-16,18,21H,2-4,6,8-13H2,1H3,(H,19,22)/t14-,15+,16+/m1/s1. The Kier molecular flexibility index (Phi) is 7.36. The zero-order valence-electron chi connectivity index (χ0n) is 13.8. The minimum absolute atomic E-state index is 0.116. The van der Waals surface area contributed by atoms with E-state index in [1.54, 1.807) is 0 Å². The molecule has 1 saturated heterocycles. The average Bonchev–Trinajstić information content (AvgIpc) is 2.54. The van der Waals surface area contributed by atoms with Gasteiger partial charge < -0.3 is 15.7 Å². The van der Waals surface area contributed by atoms with E-state index < -0.39 is 0 Å². The molecule has 2 heterocycles. The molecule has 0 aromatic rings. The number of aliphatic hydroxyl groups excluding tert-OH is 1. The summed E-state index contributed by atoms with van der Waals surface area (Å²) in [6, 6.07) is 0.263. The van der Waals surface area contributed by atoms with Crippen LogP contribution in [-0.4, -0.2) is 60.3 Å². The molecule has 1 amide bonds. The van der Waals surface area contributed by atoms with Crippen LogP contribution < -0.4 is 10.6 Å². The Labute approximate surface area is 134 Å². The van der Waals surface area contributed by atoms with Crippen LogP contribution >= 0.6 is 0 Å². The fourth-order valence-corrected chi connectivity index (χ4v) is 3.41. The van der Waals surface area contributed by atoms with Crippen LogP contribution in [-0.2, 0) is 4.79 Å². The zero-order chi connectivity index (χ0) is 15.8. The van der Waals surface area contributed by atoms with Gasteiger partial charge in [0.05, 0.1) is 6.10 Å². The predicted octanol–water partition coefficient (Wildman–Crippen LogP) is 1.04. The van der Waals surface area contributed by atoms with Crippen molar-refractivity contribution < 1.29 is 9.90 Å². The number of hydrogen-bond donors (Lipinski definition) is 3. The van der Waals surface area contributed by atoms with Crippen LogP contribution in [0.15, 0.2) is 12.2 Å². The summed E-state index contributed by atoms with van der Waals surface area (Å²) in [5.41, 5.74) is 0. The molecular weight excluding hydrogens is 278 g/mol. The van der Waals surface area contributed by atoms with E-state index in [1.807, 2.05) is 6.92 Å². The first-order valence-electron chi connectivity index (χ1n) is 8.80. The van der Waals surface area contributed by atoms with Crippen molar-refractivity contribution in [1.29, 1.82) is 0 Å². The van der Waals surface area contributed by atoms with Crippen molar-refractivity contribution in [2.24, 2.45) is 0 Å². The van der Waals surface area contributed by atoms with Crippen molar-refractivity contribution in [2.45, 2.75) is 63.6 Å². The van der Waals surface area contributed by atoms with Crippen LogP contribution in [0, 0.1) is 0 Å². The highest BCUT2D eigenvalue weighted by atomic mass is 16.3. The first-order chi connectivity index (χ1) is 10.7. The zero-order valence-corrected chi connectivity index (χ0v) is 13.8. The van der Waals surface area contributed by atoms with Crippen molar-refractivity contribution in [3.05, 3.63) is 12.2 Å². The minimum Gasteiger partial charge on any atom is -0.391 e. The molecule has 22 heavy (non-hydrogen) atoms. The number of carbonyl (C=O) groups excluding carboxylic acids is 1. The van der Waals surface area contributed by atoms with Crippen LogP contribution in [0.5, 0.6) is 0 Å². The molecule has 126 valence electrons. The van der Waals surface area contributed by atoms with Crippen LogP contribution in [0.4, 0.5) is 0 Å². The Morgan fingerprint density at radius 2 is 2.14 bits per heavy atom. The van der Waals surface area contributed by atoms with E-state index in [1.165, 1.54) is 0 Å². The minimum atomic E-state index is -0.315. The van der Waals surface area contributed by atoms with Gasteiger partial charge in [0.25, 0.3) is 0 Å². The van der Waals surface area contributed by atoms with E-state index in [-0.39, 0.29) is 24.1 Å². The molecule has 0 bridgehead atoms. The molecule has 0 radical (unpaired) electrons. The Bertz CT molecular complexity index is 373. The predicted molar refractivity (Wildman–Crippen MR) is 88.7 cm³/mol. The van der Waals surface area contributed by atoms with Gasteiger partial charge >= 0.3 is 0 Å². The van der Waals surface area contributed by atoms with E-state index in [4.69, 9.17) is 0 Å². The number of nitrogens with zero attached hydrogens (tertiary/aromatic N) is 1. The van der Waals surface area contributed by atoms with Crippen molar-refractivity contribution in [3.63, 3.8) is 0 Å².